The fourth-order valence-electron chi connectivity index (χ4n) is 2.30. The number of rotatable bonds is 5. The molecule has 8 nitrogen and oxygen atoms in total. The minimum absolute atomic E-state index is 0.249. The SMILES string of the molecule is COC(=O)[C@H](C)NC(=O)COc1nn(C)c2nc(C)cc(C)c12. The molecular weight excluding hydrogens is 300 g/mol. The molecule has 1 atom stereocenters. The molecule has 2 rings (SSSR count). The summed E-state index contributed by atoms with van der Waals surface area (Å²) in [5, 5.41) is 7.52. The number of carbonyl (C=O) groups excluding carboxylic acids is 2. The fourth-order valence-corrected chi connectivity index (χ4v) is 2.30. The Hall–Kier alpha value is -2.64. The Morgan fingerprint density at radius 1 is 1.39 bits per heavy atom. The van der Waals surface area contributed by atoms with E-state index in [1.54, 1.807) is 11.7 Å². The van der Waals surface area contributed by atoms with Gasteiger partial charge in [0.2, 0.25) is 5.88 Å². The van der Waals surface area contributed by atoms with Gasteiger partial charge in [-0.05, 0) is 32.4 Å². The van der Waals surface area contributed by atoms with Crippen LogP contribution in [0.5, 0.6) is 5.88 Å². The van der Waals surface area contributed by atoms with Crippen molar-refractivity contribution in [3.63, 3.8) is 0 Å². The monoisotopic (exact) mass is 320 g/mol. The highest BCUT2D eigenvalue weighted by Crippen LogP contribution is 2.26. The Labute approximate surface area is 133 Å². The first-order chi connectivity index (χ1) is 10.8. The van der Waals surface area contributed by atoms with Gasteiger partial charge in [0, 0.05) is 12.7 Å². The third-order valence-corrected chi connectivity index (χ3v) is 3.36. The van der Waals surface area contributed by atoms with Crippen LogP contribution in [-0.4, -0.2) is 46.4 Å². The lowest BCUT2D eigenvalue weighted by Crippen LogP contribution is -2.41. The van der Waals surface area contributed by atoms with Gasteiger partial charge in [-0.2, -0.15) is 0 Å². The number of ether oxygens (including phenoxy) is 2. The van der Waals surface area contributed by atoms with Gasteiger partial charge in [-0.15, -0.1) is 5.10 Å². The Kier molecular flexibility index (Phi) is 4.83. The zero-order valence-corrected chi connectivity index (χ0v) is 13.8. The maximum atomic E-state index is 11.8. The molecule has 0 unspecified atom stereocenters. The molecule has 0 aromatic carbocycles. The smallest absolute Gasteiger partial charge is 0.328 e. The van der Waals surface area contributed by atoms with Crippen LogP contribution in [0.25, 0.3) is 11.0 Å². The number of aromatic nitrogens is 3. The first-order valence-corrected chi connectivity index (χ1v) is 7.14. The van der Waals surface area contributed by atoms with Gasteiger partial charge in [-0.1, -0.05) is 0 Å². The number of amides is 1. The second kappa shape index (κ2) is 6.64. The molecule has 8 heteroatoms. The van der Waals surface area contributed by atoms with Crippen LogP contribution < -0.4 is 10.1 Å². The van der Waals surface area contributed by atoms with E-state index < -0.39 is 17.9 Å². The average Bonchev–Trinajstić information content (AvgIpc) is 2.80. The fraction of sp³-hybridized carbons (Fsp3) is 0.467. The second-order valence-electron chi connectivity index (χ2n) is 5.31. The van der Waals surface area contributed by atoms with Crippen molar-refractivity contribution in [1.29, 1.82) is 0 Å². The van der Waals surface area contributed by atoms with Crippen LogP contribution in [0, 0.1) is 13.8 Å². The maximum absolute atomic E-state index is 11.8. The van der Waals surface area contributed by atoms with Crippen molar-refractivity contribution < 1.29 is 19.1 Å². The van der Waals surface area contributed by atoms with E-state index in [-0.39, 0.29) is 6.61 Å². The molecule has 0 radical (unpaired) electrons. The Balaban J connectivity index is 2.11. The largest absolute Gasteiger partial charge is 0.467 e. The molecule has 0 saturated heterocycles. The molecule has 0 spiro atoms. The number of carbonyl (C=O) groups is 2. The van der Waals surface area contributed by atoms with Gasteiger partial charge in [0.25, 0.3) is 5.91 Å². The van der Waals surface area contributed by atoms with Gasteiger partial charge in [0.05, 0.1) is 12.5 Å². The lowest BCUT2D eigenvalue weighted by molar-refractivity contribution is -0.144. The number of pyridine rings is 1. The van der Waals surface area contributed by atoms with Gasteiger partial charge in [0.1, 0.15) is 6.04 Å². The molecule has 1 N–H and O–H groups in total. The van der Waals surface area contributed by atoms with Gasteiger partial charge < -0.3 is 14.8 Å². The normalized spacial score (nSPS) is 12.0. The van der Waals surface area contributed by atoms with Crippen LogP contribution in [0.3, 0.4) is 0 Å². The summed E-state index contributed by atoms with van der Waals surface area (Å²) in [6.45, 7) is 5.13. The highest BCUT2D eigenvalue weighted by atomic mass is 16.5. The van der Waals surface area contributed by atoms with Crippen molar-refractivity contribution in [2.24, 2.45) is 7.05 Å². The maximum Gasteiger partial charge on any atom is 0.328 e. The van der Waals surface area contributed by atoms with E-state index in [1.807, 2.05) is 19.9 Å². The summed E-state index contributed by atoms with van der Waals surface area (Å²) < 4.78 is 11.7. The van der Waals surface area contributed by atoms with Crippen LogP contribution in [0.2, 0.25) is 0 Å². The Bertz CT molecular complexity index is 754. The number of aryl methyl sites for hydroxylation is 3. The number of hydrogen-bond donors (Lipinski definition) is 1. The zero-order valence-electron chi connectivity index (χ0n) is 13.8. The van der Waals surface area contributed by atoms with E-state index in [4.69, 9.17) is 4.74 Å². The number of nitrogens with one attached hydrogen (secondary N) is 1. The van der Waals surface area contributed by atoms with Crippen LogP contribution in [-0.2, 0) is 21.4 Å². The Morgan fingerprint density at radius 2 is 2.09 bits per heavy atom. The first kappa shape index (κ1) is 16.7. The number of fused-ring (bicyclic) bond motifs is 1. The molecule has 1 amide bonds. The summed E-state index contributed by atoms with van der Waals surface area (Å²) in [7, 11) is 3.03. The van der Waals surface area contributed by atoms with E-state index in [0.717, 1.165) is 16.6 Å². The van der Waals surface area contributed by atoms with E-state index in [1.165, 1.54) is 14.0 Å². The molecule has 2 aromatic heterocycles. The number of esters is 1. The second-order valence-corrected chi connectivity index (χ2v) is 5.31. The van der Waals surface area contributed by atoms with Gasteiger partial charge in [-0.25, -0.2) is 14.5 Å². The minimum atomic E-state index is -0.734. The molecule has 0 saturated carbocycles. The summed E-state index contributed by atoms with van der Waals surface area (Å²) in [4.78, 5) is 27.5. The quantitative estimate of drug-likeness (QED) is 0.812. The first-order valence-electron chi connectivity index (χ1n) is 7.14. The number of nitrogens with zero attached hydrogens (tertiary/aromatic N) is 3. The number of methoxy groups -OCH3 is 1. The van der Waals surface area contributed by atoms with Crippen molar-refractivity contribution in [2.75, 3.05) is 13.7 Å². The summed E-state index contributed by atoms with van der Waals surface area (Å²) in [6.07, 6.45) is 0. The van der Waals surface area contributed by atoms with Crippen LogP contribution >= 0.6 is 0 Å². The summed E-state index contributed by atoms with van der Waals surface area (Å²) in [5.41, 5.74) is 2.55. The predicted octanol–water partition coefficient (Wildman–Crippen LogP) is 0.642. The van der Waals surface area contributed by atoms with E-state index in [0.29, 0.717) is 11.5 Å². The third-order valence-electron chi connectivity index (χ3n) is 3.36. The number of hydrogen-bond acceptors (Lipinski definition) is 6. The molecule has 2 aromatic rings. The molecule has 23 heavy (non-hydrogen) atoms. The molecule has 124 valence electrons. The van der Waals surface area contributed by atoms with Crippen LogP contribution in [0.1, 0.15) is 18.2 Å². The van der Waals surface area contributed by atoms with Crippen molar-refractivity contribution >= 4 is 22.9 Å². The van der Waals surface area contributed by atoms with Crippen molar-refractivity contribution in [2.45, 2.75) is 26.8 Å². The molecule has 2 heterocycles. The zero-order chi connectivity index (χ0) is 17.1. The predicted molar refractivity (Wildman–Crippen MR) is 83.1 cm³/mol. The third kappa shape index (κ3) is 3.58. The summed E-state index contributed by atoms with van der Waals surface area (Å²) in [6, 6.07) is 1.19. The summed E-state index contributed by atoms with van der Waals surface area (Å²) in [5.74, 6) is -0.607. The van der Waals surface area contributed by atoms with E-state index >= 15 is 0 Å². The highest BCUT2D eigenvalue weighted by molar-refractivity contribution is 5.87. The molecule has 0 aliphatic carbocycles. The molecule has 0 bridgehead atoms. The standard InChI is InChI=1S/C15H20N4O4/c1-8-6-9(2)16-13-12(8)14(18-19(13)4)23-7-11(20)17-10(3)15(21)22-5/h6,10H,7H2,1-5H3,(H,17,20)/t10-/m0/s1. The summed E-state index contributed by atoms with van der Waals surface area (Å²) >= 11 is 0. The average molecular weight is 320 g/mol. The van der Waals surface area contributed by atoms with Crippen LogP contribution in [0.4, 0.5) is 0 Å². The lowest BCUT2D eigenvalue weighted by Gasteiger charge is -2.11. The Morgan fingerprint density at radius 3 is 2.74 bits per heavy atom. The highest BCUT2D eigenvalue weighted by Gasteiger charge is 2.18. The lowest BCUT2D eigenvalue weighted by atomic mass is 10.2. The van der Waals surface area contributed by atoms with Crippen LogP contribution in [0.15, 0.2) is 6.07 Å². The molecule has 0 aliphatic heterocycles. The van der Waals surface area contributed by atoms with Crippen molar-refractivity contribution in [1.82, 2.24) is 20.1 Å². The van der Waals surface area contributed by atoms with E-state index in [2.05, 4.69) is 20.1 Å². The molecule has 0 aliphatic rings. The topological polar surface area (TPSA) is 95.3 Å². The van der Waals surface area contributed by atoms with Gasteiger partial charge in [0.15, 0.2) is 12.3 Å². The van der Waals surface area contributed by atoms with Crippen molar-refractivity contribution in [3.8, 4) is 5.88 Å². The van der Waals surface area contributed by atoms with Gasteiger partial charge >= 0.3 is 5.97 Å². The molecule has 0 fully saturated rings. The van der Waals surface area contributed by atoms with E-state index in [9.17, 15) is 9.59 Å². The minimum Gasteiger partial charge on any atom is -0.467 e. The van der Waals surface area contributed by atoms with Crippen molar-refractivity contribution in [3.05, 3.63) is 17.3 Å². The molecular formula is C15H20N4O4. The van der Waals surface area contributed by atoms with Gasteiger partial charge in [-0.3, -0.25) is 4.79 Å².